The Morgan fingerprint density at radius 3 is 1.25 bits per heavy atom. The summed E-state index contributed by atoms with van der Waals surface area (Å²) < 4.78 is 2.92. The second-order valence-electron chi connectivity index (χ2n) is 2.23. The monoisotopic (exact) mass is 164 g/mol. The van der Waals surface area contributed by atoms with Crippen LogP contribution in [-0.2, 0) is 0 Å². The molecule has 0 aromatic carbocycles. The Labute approximate surface area is 69.4 Å². The van der Waals surface area contributed by atoms with Crippen LogP contribution in [0.4, 0.5) is 0 Å². The van der Waals surface area contributed by atoms with Crippen LogP contribution in [0.25, 0.3) is 0 Å². The molecule has 12 heavy (non-hydrogen) atoms. The van der Waals surface area contributed by atoms with Crippen molar-refractivity contribution in [2.45, 2.75) is 0 Å². The van der Waals surface area contributed by atoms with Crippen molar-refractivity contribution >= 4 is 0 Å². The average molecular weight is 164 g/mol. The van der Waals surface area contributed by atoms with Crippen molar-refractivity contribution in [3.8, 4) is 0 Å². The van der Waals surface area contributed by atoms with Crippen LogP contribution in [0, 0.1) is 0 Å². The number of hydrogen-bond acceptors (Lipinski definition) is 2. The maximum atomic E-state index is 4.87. The molecule has 4 nitrogen and oxygen atoms in total. The molecule has 2 heterocycles. The predicted octanol–water partition coefficient (Wildman–Crippen LogP) is 0.762. The maximum Gasteiger partial charge on any atom is 0.0483 e. The molecule has 2 aromatic rings. The van der Waals surface area contributed by atoms with Crippen molar-refractivity contribution in [2.24, 2.45) is 0 Å². The van der Waals surface area contributed by atoms with Crippen molar-refractivity contribution < 1.29 is 9.98 Å². The van der Waals surface area contributed by atoms with E-state index in [1.54, 1.807) is 24.8 Å². The fourth-order valence-corrected chi connectivity index (χ4v) is 0.814. The lowest BCUT2D eigenvalue weighted by Crippen LogP contribution is -2.21. The van der Waals surface area contributed by atoms with Gasteiger partial charge in [-0.05, 0) is 24.3 Å². The lowest BCUT2D eigenvalue weighted by Gasteiger charge is -2.03. The fourth-order valence-electron chi connectivity index (χ4n) is 0.814. The van der Waals surface area contributed by atoms with E-state index in [9.17, 15) is 0 Å². The Kier molecular flexibility index (Phi) is 1.74. The first-order valence-electron chi connectivity index (χ1n) is 3.56. The topological polar surface area (TPSA) is 28.3 Å². The second kappa shape index (κ2) is 3.04. The van der Waals surface area contributed by atoms with Gasteiger partial charge in [0.2, 0.25) is 0 Å². The molecule has 2 rings (SSSR count). The van der Waals surface area contributed by atoms with E-state index in [2.05, 4.69) is 0 Å². The highest BCUT2D eigenvalue weighted by atomic mass is 17.3. The quantitative estimate of drug-likeness (QED) is 0.495. The van der Waals surface area contributed by atoms with Crippen LogP contribution in [0.2, 0.25) is 0 Å². The minimum atomic E-state index is 1.46. The van der Waals surface area contributed by atoms with Gasteiger partial charge in [-0.15, -0.1) is 9.46 Å². The first-order chi connectivity index (χ1) is 5.95. The minimum absolute atomic E-state index is 1.46. The van der Waals surface area contributed by atoms with E-state index < -0.39 is 0 Å². The Bertz CT molecular complexity index is 278. The van der Waals surface area contributed by atoms with Crippen molar-refractivity contribution in [1.29, 1.82) is 0 Å². The molecule has 62 valence electrons. The molecule has 0 aliphatic rings. The van der Waals surface area contributed by atoms with Crippen molar-refractivity contribution in [3.63, 3.8) is 0 Å². The summed E-state index contributed by atoms with van der Waals surface area (Å²) in [5.41, 5.74) is 0. The molecule has 0 bridgehead atoms. The summed E-state index contributed by atoms with van der Waals surface area (Å²) in [7, 11) is 0. The molecule has 0 atom stereocenters. The van der Waals surface area contributed by atoms with Crippen LogP contribution in [0.5, 0.6) is 0 Å². The first-order valence-corrected chi connectivity index (χ1v) is 3.56. The summed E-state index contributed by atoms with van der Waals surface area (Å²) in [6.07, 6.45) is 6.96. The van der Waals surface area contributed by atoms with Crippen molar-refractivity contribution in [3.05, 3.63) is 49.1 Å². The predicted molar refractivity (Wildman–Crippen MR) is 42.0 cm³/mol. The second-order valence-corrected chi connectivity index (χ2v) is 2.23. The van der Waals surface area contributed by atoms with E-state index >= 15 is 0 Å². The van der Waals surface area contributed by atoms with Gasteiger partial charge in [0.05, 0.1) is 0 Å². The zero-order chi connectivity index (χ0) is 8.23. The maximum absolute atomic E-state index is 4.87. The highest BCUT2D eigenvalue weighted by Crippen LogP contribution is 1.87. The molecule has 0 radical (unpaired) electrons. The Hall–Kier alpha value is -1.84. The molecule has 0 fully saturated rings. The summed E-state index contributed by atoms with van der Waals surface area (Å²) in [4.78, 5) is 9.74. The standard InChI is InChI=1S/C8H8N2O2/c1-2-6-9(5-1)11-12-10-7-3-4-8-10/h1-8H. The van der Waals surface area contributed by atoms with Gasteiger partial charge in [-0.25, -0.2) is 0 Å². The summed E-state index contributed by atoms with van der Waals surface area (Å²) >= 11 is 0. The molecule has 0 saturated carbocycles. The van der Waals surface area contributed by atoms with Gasteiger partial charge < -0.3 is 0 Å². The van der Waals surface area contributed by atoms with Gasteiger partial charge in [-0.3, -0.25) is 0 Å². The van der Waals surface area contributed by atoms with Gasteiger partial charge in [0, 0.05) is 24.8 Å². The molecule has 0 aliphatic carbocycles. The van der Waals surface area contributed by atoms with Crippen LogP contribution in [0.3, 0.4) is 0 Å². The lowest BCUT2D eigenvalue weighted by atomic mass is 10.7. The van der Waals surface area contributed by atoms with Crippen LogP contribution in [0.15, 0.2) is 49.1 Å². The zero-order valence-electron chi connectivity index (χ0n) is 6.33. The van der Waals surface area contributed by atoms with Gasteiger partial charge in [-0.2, -0.15) is 9.98 Å². The minimum Gasteiger partial charge on any atom is -0.167 e. The molecule has 4 heteroatoms. The molecule has 0 unspecified atom stereocenters. The van der Waals surface area contributed by atoms with Crippen LogP contribution in [0.1, 0.15) is 0 Å². The number of nitrogens with zero attached hydrogens (tertiary/aromatic N) is 2. The molecule has 0 aliphatic heterocycles. The first kappa shape index (κ1) is 6.84. The molecular formula is C8H8N2O2. The summed E-state index contributed by atoms with van der Waals surface area (Å²) in [5, 5.41) is 0. The van der Waals surface area contributed by atoms with E-state index in [1.165, 1.54) is 9.46 Å². The summed E-state index contributed by atoms with van der Waals surface area (Å²) in [5.74, 6) is 0. The smallest absolute Gasteiger partial charge is 0.0483 e. The lowest BCUT2D eigenvalue weighted by molar-refractivity contribution is -0.291. The van der Waals surface area contributed by atoms with Gasteiger partial charge in [-0.1, -0.05) is 0 Å². The SMILES string of the molecule is c1ccn(OOn2cccc2)c1. The van der Waals surface area contributed by atoms with Crippen LogP contribution >= 0.6 is 0 Å². The largest absolute Gasteiger partial charge is 0.167 e. The van der Waals surface area contributed by atoms with Crippen LogP contribution in [-0.4, -0.2) is 9.46 Å². The third-order valence-corrected chi connectivity index (χ3v) is 1.36. The Morgan fingerprint density at radius 1 is 0.583 bits per heavy atom. The van der Waals surface area contributed by atoms with E-state index in [0.717, 1.165) is 0 Å². The third kappa shape index (κ3) is 1.42. The summed E-state index contributed by atoms with van der Waals surface area (Å²) in [6, 6.07) is 7.38. The average Bonchev–Trinajstić information content (AvgIpc) is 2.74. The van der Waals surface area contributed by atoms with E-state index in [4.69, 9.17) is 9.98 Å². The summed E-state index contributed by atoms with van der Waals surface area (Å²) in [6.45, 7) is 0. The number of hydrogen-bond donors (Lipinski definition) is 0. The number of aromatic nitrogens is 2. The molecule has 0 saturated heterocycles. The van der Waals surface area contributed by atoms with Crippen molar-refractivity contribution in [1.82, 2.24) is 9.46 Å². The number of rotatable bonds is 3. The van der Waals surface area contributed by atoms with Crippen molar-refractivity contribution in [2.75, 3.05) is 0 Å². The molecule has 0 amide bonds. The van der Waals surface area contributed by atoms with Gasteiger partial charge >= 0.3 is 0 Å². The third-order valence-electron chi connectivity index (χ3n) is 1.36. The molecular weight excluding hydrogens is 156 g/mol. The van der Waals surface area contributed by atoms with Gasteiger partial charge in [0.25, 0.3) is 0 Å². The van der Waals surface area contributed by atoms with E-state index in [0.29, 0.717) is 0 Å². The zero-order valence-corrected chi connectivity index (χ0v) is 6.33. The Morgan fingerprint density at radius 2 is 0.917 bits per heavy atom. The van der Waals surface area contributed by atoms with Crippen LogP contribution < -0.4 is 9.98 Å². The molecule has 2 aromatic heterocycles. The van der Waals surface area contributed by atoms with E-state index in [-0.39, 0.29) is 0 Å². The molecule has 0 N–H and O–H groups in total. The van der Waals surface area contributed by atoms with E-state index in [1.807, 2.05) is 24.3 Å². The van der Waals surface area contributed by atoms with Gasteiger partial charge in [0.15, 0.2) is 0 Å². The highest BCUT2D eigenvalue weighted by Gasteiger charge is 1.89. The molecule has 0 spiro atoms. The normalized spacial score (nSPS) is 9.67. The highest BCUT2D eigenvalue weighted by molar-refractivity contribution is 4.88. The Balaban J connectivity index is 1.91. The van der Waals surface area contributed by atoms with Gasteiger partial charge in [0.1, 0.15) is 0 Å². The fraction of sp³-hybridized carbons (Fsp3) is 0.